The Bertz CT molecular complexity index is 839. The number of hydrogen-bond donors (Lipinski definition) is 1. The standard InChI is InChI=1S/C22H26ClN3O3/c23-19-14-18(15-20-21(19)29-13-12-28-20)6-7-24-22(27)26-10-8-25(9-11-26)16-17-4-2-1-3-5-17/h1-5,14-15H,6-13,16H2,(H,24,27). The van der Waals surface area contributed by atoms with Crippen molar-refractivity contribution in [2.75, 3.05) is 45.9 Å². The average Bonchev–Trinajstić information content (AvgIpc) is 2.75. The van der Waals surface area contributed by atoms with Crippen LogP contribution in [0.15, 0.2) is 42.5 Å². The summed E-state index contributed by atoms with van der Waals surface area (Å²) in [5.74, 6) is 1.29. The van der Waals surface area contributed by atoms with E-state index in [-0.39, 0.29) is 6.03 Å². The number of rotatable bonds is 5. The zero-order valence-corrected chi connectivity index (χ0v) is 17.2. The Hall–Kier alpha value is -2.44. The van der Waals surface area contributed by atoms with Crippen molar-refractivity contribution >= 4 is 17.6 Å². The molecule has 2 amide bonds. The van der Waals surface area contributed by atoms with Crippen LogP contribution in [0, 0.1) is 0 Å². The maximum Gasteiger partial charge on any atom is 0.317 e. The number of benzene rings is 2. The first kappa shape index (κ1) is 19.9. The average molecular weight is 416 g/mol. The molecule has 7 heteroatoms. The van der Waals surface area contributed by atoms with Crippen molar-refractivity contribution in [2.24, 2.45) is 0 Å². The Kier molecular flexibility index (Phi) is 6.42. The predicted octanol–water partition coefficient (Wildman–Crippen LogP) is 3.18. The number of amides is 2. The van der Waals surface area contributed by atoms with Crippen LogP contribution in [0.4, 0.5) is 4.79 Å². The highest BCUT2D eigenvalue weighted by atomic mass is 35.5. The second kappa shape index (κ2) is 9.37. The molecule has 2 aliphatic heterocycles. The van der Waals surface area contributed by atoms with Gasteiger partial charge in [0.25, 0.3) is 0 Å². The van der Waals surface area contributed by atoms with Crippen molar-refractivity contribution in [1.82, 2.24) is 15.1 Å². The lowest BCUT2D eigenvalue weighted by Crippen LogP contribution is -2.51. The molecule has 0 aliphatic carbocycles. The second-order valence-corrected chi connectivity index (χ2v) is 7.74. The molecule has 0 bridgehead atoms. The summed E-state index contributed by atoms with van der Waals surface area (Å²) in [5, 5.41) is 3.57. The van der Waals surface area contributed by atoms with Crippen molar-refractivity contribution < 1.29 is 14.3 Å². The second-order valence-electron chi connectivity index (χ2n) is 7.33. The Morgan fingerprint density at radius 2 is 1.76 bits per heavy atom. The van der Waals surface area contributed by atoms with Crippen LogP contribution in [0.3, 0.4) is 0 Å². The Morgan fingerprint density at radius 3 is 2.55 bits per heavy atom. The van der Waals surface area contributed by atoms with Gasteiger partial charge in [-0.2, -0.15) is 0 Å². The summed E-state index contributed by atoms with van der Waals surface area (Å²) < 4.78 is 11.2. The van der Waals surface area contributed by atoms with Crippen LogP contribution in [-0.4, -0.2) is 61.8 Å². The number of carbonyl (C=O) groups is 1. The zero-order chi connectivity index (χ0) is 20.1. The third-order valence-corrected chi connectivity index (χ3v) is 5.54. The van der Waals surface area contributed by atoms with Crippen molar-refractivity contribution in [3.8, 4) is 11.5 Å². The van der Waals surface area contributed by atoms with E-state index in [0.29, 0.717) is 42.7 Å². The number of fused-ring (bicyclic) bond motifs is 1. The van der Waals surface area contributed by atoms with Crippen LogP contribution in [0.1, 0.15) is 11.1 Å². The smallest absolute Gasteiger partial charge is 0.317 e. The van der Waals surface area contributed by atoms with Crippen LogP contribution in [0.5, 0.6) is 11.5 Å². The van der Waals surface area contributed by atoms with Gasteiger partial charge in [-0.3, -0.25) is 4.90 Å². The van der Waals surface area contributed by atoms with Gasteiger partial charge in [0.05, 0.1) is 5.02 Å². The van der Waals surface area contributed by atoms with Crippen LogP contribution in [0.2, 0.25) is 5.02 Å². The van der Waals surface area contributed by atoms with Crippen LogP contribution >= 0.6 is 11.6 Å². The fourth-order valence-corrected chi connectivity index (χ4v) is 3.97. The van der Waals surface area contributed by atoms with Crippen LogP contribution < -0.4 is 14.8 Å². The Labute approximate surface area is 176 Å². The lowest BCUT2D eigenvalue weighted by Gasteiger charge is -2.34. The van der Waals surface area contributed by atoms with Crippen molar-refractivity contribution in [3.05, 3.63) is 58.6 Å². The van der Waals surface area contributed by atoms with Crippen molar-refractivity contribution in [3.63, 3.8) is 0 Å². The van der Waals surface area contributed by atoms with Gasteiger partial charge in [-0.15, -0.1) is 0 Å². The highest BCUT2D eigenvalue weighted by Crippen LogP contribution is 2.38. The van der Waals surface area contributed by atoms with Gasteiger partial charge in [0.15, 0.2) is 11.5 Å². The summed E-state index contributed by atoms with van der Waals surface area (Å²) in [6.45, 7) is 5.80. The van der Waals surface area contributed by atoms with E-state index in [2.05, 4.69) is 34.5 Å². The van der Waals surface area contributed by atoms with Gasteiger partial charge in [-0.05, 0) is 29.7 Å². The number of ether oxygens (including phenoxy) is 2. The van der Waals surface area contributed by atoms with E-state index in [1.54, 1.807) is 0 Å². The van der Waals surface area contributed by atoms with Gasteiger partial charge in [0.2, 0.25) is 0 Å². The minimum Gasteiger partial charge on any atom is -0.486 e. The molecular formula is C22H26ClN3O3. The lowest BCUT2D eigenvalue weighted by molar-refractivity contribution is 0.135. The molecule has 4 rings (SSSR count). The monoisotopic (exact) mass is 415 g/mol. The fourth-order valence-electron chi connectivity index (χ4n) is 3.68. The van der Waals surface area contributed by atoms with E-state index in [4.69, 9.17) is 21.1 Å². The lowest BCUT2D eigenvalue weighted by atomic mass is 10.1. The summed E-state index contributed by atoms with van der Waals surface area (Å²) in [7, 11) is 0. The molecule has 1 saturated heterocycles. The molecule has 2 aromatic rings. The van der Waals surface area contributed by atoms with Gasteiger partial charge in [-0.25, -0.2) is 4.79 Å². The zero-order valence-electron chi connectivity index (χ0n) is 16.4. The number of urea groups is 1. The number of halogens is 1. The molecule has 1 N–H and O–H groups in total. The third-order valence-electron chi connectivity index (χ3n) is 5.26. The topological polar surface area (TPSA) is 54.0 Å². The summed E-state index contributed by atoms with van der Waals surface area (Å²) in [6.07, 6.45) is 0.691. The molecule has 0 radical (unpaired) electrons. The minimum atomic E-state index is -0.00648. The van der Waals surface area contributed by atoms with E-state index in [1.807, 2.05) is 23.1 Å². The maximum absolute atomic E-state index is 12.5. The molecule has 2 heterocycles. The Morgan fingerprint density at radius 1 is 1.00 bits per heavy atom. The predicted molar refractivity (Wildman–Crippen MR) is 113 cm³/mol. The summed E-state index contributed by atoms with van der Waals surface area (Å²) >= 11 is 6.28. The first-order valence-electron chi connectivity index (χ1n) is 10.1. The molecule has 2 aliphatic rings. The van der Waals surface area contributed by atoms with Gasteiger partial charge < -0.3 is 19.7 Å². The number of carbonyl (C=O) groups excluding carboxylic acids is 1. The third kappa shape index (κ3) is 5.14. The number of hydrogen-bond acceptors (Lipinski definition) is 4. The summed E-state index contributed by atoms with van der Waals surface area (Å²) in [6, 6.07) is 14.3. The van der Waals surface area contributed by atoms with Gasteiger partial charge in [0, 0.05) is 39.3 Å². The molecule has 2 aromatic carbocycles. The number of nitrogens with zero attached hydrogens (tertiary/aromatic N) is 2. The molecule has 1 fully saturated rings. The fraction of sp³-hybridized carbons (Fsp3) is 0.409. The van der Waals surface area contributed by atoms with Crippen molar-refractivity contribution in [2.45, 2.75) is 13.0 Å². The van der Waals surface area contributed by atoms with Crippen LogP contribution in [-0.2, 0) is 13.0 Å². The molecule has 0 aromatic heterocycles. The number of piperazine rings is 1. The SMILES string of the molecule is O=C(NCCc1cc(Cl)c2c(c1)OCCO2)N1CCN(Cc2ccccc2)CC1. The highest BCUT2D eigenvalue weighted by Gasteiger charge is 2.21. The molecule has 6 nitrogen and oxygen atoms in total. The molecule has 0 saturated carbocycles. The Balaban J connectivity index is 1.21. The van der Waals surface area contributed by atoms with Crippen molar-refractivity contribution in [1.29, 1.82) is 0 Å². The number of nitrogens with one attached hydrogen (secondary N) is 1. The molecule has 0 atom stereocenters. The minimum absolute atomic E-state index is 0.00648. The van der Waals surface area contributed by atoms with Gasteiger partial charge in [0.1, 0.15) is 13.2 Å². The normalized spacial score (nSPS) is 16.5. The molecule has 154 valence electrons. The van der Waals surface area contributed by atoms with Crippen LogP contribution in [0.25, 0.3) is 0 Å². The van der Waals surface area contributed by atoms with E-state index in [9.17, 15) is 4.79 Å². The summed E-state index contributed by atoms with van der Waals surface area (Å²) in [5.41, 5.74) is 2.33. The first-order chi connectivity index (χ1) is 14.2. The summed E-state index contributed by atoms with van der Waals surface area (Å²) in [4.78, 5) is 16.8. The quantitative estimate of drug-likeness (QED) is 0.814. The molecule has 0 unspecified atom stereocenters. The van der Waals surface area contributed by atoms with E-state index in [0.717, 1.165) is 38.3 Å². The molecule has 29 heavy (non-hydrogen) atoms. The maximum atomic E-state index is 12.5. The van der Waals surface area contributed by atoms with E-state index >= 15 is 0 Å². The van der Waals surface area contributed by atoms with Gasteiger partial charge in [-0.1, -0.05) is 41.9 Å². The first-order valence-corrected chi connectivity index (χ1v) is 10.4. The van der Waals surface area contributed by atoms with E-state index < -0.39 is 0 Å². The molecule has 0 spiro atoms. The van der Waals surface area contributed by atoms with E-state index in [1.165, 1.54) is 5.56 Å². The molecular weight excluding hydrogens is 390 g/mol. The highest BCUT2D eigenvalue weighted by molar-refractivity contribution is 6.32. The largest absolute Gasteiger partial charge is 0.486 e. The van der Waals surface area contributed by atoms with Gasteiger partial charge >= 0.3 is 6.03 Å².